The summed E-state index contributed by atoms with van der Waals surface area (Å²) in [6, 6.07) is 9.46. The number of para-hydroxylation sites is 1. The van der Waals surface area contributed by atoms with Gasteiger partial charge in [-0.25, -0.2) is 13.1 Å². The summed E-state index contributed by atoms with van der Waals surface area (Å²) >= 11 is 0. The van der Waals surface area contributed by atoms with Crippen molar-refractivity contribution < 1.29 is 13.2 Å². The molecule has 0 aliphatic carbocycles. The van der Waals surface area contributed by atoms with Crippen molar-refractivity contribution in [3.63, 3.8) is 0 Å². The smallest absolute Gasteiger partial charge is 0.238 e. The van der Waals surface area contributed by atoms with Crippen molar-refractivity contribution in [2.45, 2.75) is 6.42 Å². The van der Waals surface area contributed by atoms with Gasteiger partial charge in [0.1, 0.15) is 0 Å². The number of hydrogen-bond donors (Lipinski definition) is 2. The molecule has 0 bridgehead atoms. The van der Waals surface area contributed by atoms with Crippen LogP contribution in [0.5, 0.6) is 0 Å². The molecular weight excluding hydrogens is 328 g/mol. The van der Waals surface area contributed by atoms with Crippen LogP contribution in [-0.2, 0) is 14.8 Å². The molecule has 7 nitrogen and oxygen atoms in total. The predicted octanol–water partition coefficient (Wildman–Crippen LogP) is 0.182. The lowest BCUT2D eigenvalue weighted by Crippen LogP contribution is -2.49. The van der Waals surface area contributed by atoms with Crippen LogP contribution >= 0.6 is 0 Å². The number of benzene rings is 1. The van der Waals surface area contributed by atoms with Crippen molar-refractivity contribution in [3.8, 4) is 0 Å². The molecule has 134 valence electrons. The minimum Gasteiger partial charge on any atom is -0.325 e. The van der Waals surface area contributed by atoms with E-state index in [9.17, 15) is 13.2 Å². The molecule has 1 aromatic carbocycles. The number of amides is 1. The molecule has 0 atom stereocenters. The number of nitrogens with one attached hydrogen (secondary N) is 2. The molecule has 1 aromatic rings. The van der Waals surface area contributed by atoms with Crippen molar-refractivity contribution in [1.29, 1.82) is 0 Å². The molecule has 0 spiro atoms. The third kappa shape index (κ3) is 7.39. The molecule has 0 saturated carbocycles. The Morgan fingerprint density at radius 2 is 1.71 bits per heavy atom. The van der Waals surface area contributed by atoms with Crippen LogP contribution in [0.1, 0.15) is 6.42 Å². The molecule has 24 heavy (non-hydrogen) atoms. The molecule has 0 unspecified atom stereocenters. The second kappa shape index (κ2) is 9.12. The summed E-state index contributed by atoms with van der Waals surface area (Å²) in [6.07, 6.45) is 1.97. The van der Waals surface area contributed by atoms with E-state index in [2.05, 4.69) is 19.8 Å². The van der Waals surface area contributed by atoms with E-state index in [1.54, 1.807) is 0 Å². The standard InChI is InChI=1S/C16H26N4O3S/c1-24(22,23)17-8-5-9-19-10-12-20(13-11-19)14-16(21)18-15-6-3-2-4-7-15/h2-4,6-7,17H,5,8-14H2,1H3,(H,18,21). The summed E-state index contributed by atoms with van der Waals surface area (Å²) in [7, 11) is -3.10. The molecule has 1 heterocycles. The van der Waals surface area contributed by atoms with Gasteiger partial charge in [0.2, 0.25) is 15.9 Å². The number of hydrogen-bond acceptors (Lipinski definition) is 5. The van der Waals surface area contributed by atoms with Crippen LogP contribution in [0.15, 0.2) is 30.3 Å². The molecular formula is C16H26N4O3S. The van der Waals surface area contributed by atoms with Gasteiger partial charge in [-0.05, 0) is 25.1 Å². The lowest BCUT2D eigenvalue weighted by molar-refractivity contribution is -0.117. The third-order valence-electron chi connectivity index (χ3n) is 3.91. The highest BCUT2D eigenvalue weighted by Crippen LogP contribution is 2.06. The first-order valence-electron chi connectivity index (χ1n) is 8.16. The van der Waals surface area contributed by atoms with Crippen LogP contribution in [0.3, 0.4) is 0 Å². The van der Waals surface area contributed by atoms with Crippen LogP contribution in [0, 0.1) is 0 Å². The maximum absolute atomic E-state index is 12.0. The zero-order valence-electron chi connectivity index (χ0n) is 14.1. The van der Waals surface area contributed by atoms with E-state index >= 15 is 0 Å². The summed E-state index contributed by atoms with van der Waals surface area (Å²) < 4.78 is 24.5. The Kier molecular flexibility index (Phi) is 7.16. The largest absolute Gasteiger partial charge is 0.325 e. The minimum absolute atomic E-state index is 0.00648. The quantitative estimate of drug-likeness (QED) is 0.651. The zero-order valence-corrected chi connectivity index (χ0v) is 14.9. The Hall–Kier alpha value is -1.48. The third-order valence-corrected chi connectivity index (χ3v) is 4.63. The van der Waals surface area contributed by atoms with Crippen molar-refractivity contribution in [2.24, 2.45) is 0 Å². The van der Waals surface area contributed by atoms with E-state index in [4.69, 9.17) is 0 Å². The number of piperazine rings is 1. The maximum atomic E-state index is 12.0. The van der Waals surface area contributed by atoms with E-state index in [0.29, 0.717) is 13.1 Å². The molecule has 1 amide bonds. The monoisotopic (exact) mass is 354 g/mol. The normalized spacial score (nSPS) is 16.9. The fraction of sp³-hybridized carbons (Fsp3) is 0.562. The van der Waals surface area contributed by atoms with Crippen molar-refractivity contribution in [3.05, 3.63) is 30.3 Å². The lowest BCUT2D eigenvalue weighted by Gasteiger charge is -2.34. The first kappa shape index (κ1) is 18.9. The number of anilines is 1. The fourth-order valence-corrected chi connectivity index (χ4v) is 3.17. The van der Waals surface area contributed by atoms with Gasteiger partial charge in [0.05, 0.1) is 12.8 Å². The Balaban J connectivity index is 1.61. The van der Waals surface area contributed by atoms with Crippen LogP contribution in [-0.4, -0.2) is 76.2 Å². The highest BCUT2D eigenvalue weighted by atomic mass is 32.2. The number of sulfonamides is 1. The second-order valence-electron chi connectivity index (χ2n) is 6.05. The van der Waals surface area contributed by atoms with Gasteiger partial charge < -0.3 is 10.2 Å². The Morgan fingerprint density at radius 3 is 2.33 bits per heavy atom. The van der Waals surface area contributed by atoms with Gasteiger partial charge in [-0.3, -0.25) is 9.69 Å². The topological polar surface area (TPSA) is 81.8 Å². The van der Waals surface area contributed by atoms with Gasteiger partial charge in [0.25, 0.3) is 0 Å². The summed E-state index contributed by atoms with van der Waals surface area (Å²) in [4.78, 5) is 16.5. The average molecular weight is 354 g/mol. The molecule has 1 saturated heterocycles. The highest BCUT2D eigenvalue weighted by Gasteiger charge is 2.18. The fourth-order valence-electron chi connectivity index (χ4n) is 2.66. The summed E-state index contributed by atoms with van der Waals surface area (Å²) in [5.74, 6) is 0.00648. The van der Waals surface area contributed by atoms with E-state index in [1.807, 2.05) is 30.3 Å². The molecule has 2 N–H and O–H groups in total. The Bertz CT molecular complexity index is 613. The van der Waals surface area contributed by atoms with Crippen LogP contribution in [0.4, 0.5) is 5.69 Å². The minimum atomic E-state index is -3.10. The van der Waals surface area contributed by atoms with Crippen LogP contribution < -0.4 is 10.0 Å². The molecule has 1 aliphatic rings. The van der Waals surface area contributed by atoms with Gasteiger partial charge >= 0.3 is 0 Å². The van der Waals surface area contributed by atoms with Crippen LogP contribution in [0.25, 0.3) is 0 Å². The number of carbonyl (C=O) groups is 1. The van der Waals surface area contributed by atoms with Gasteiger partial charge in [0.15, 0.2) is 0 Å². The van der Waals surface area contributed by atoms with Crippen LogP contribution in [0.2, 0.25) is 0 Å². The molecule has 1 fully saturated rings. The van der Waals surface area contributed by atoms with Crippen molar-refractivity contribution in [2.75, 3.05) is 57.4 Å². The Morgan fingerprint density at radius 1 is 1.08 bits per heavy atom. The average Bonchev–Trinajstić information content (AvgIpc) is 2.53. The zero-order chi connectivity index (χ0) is 17.4. The van der Waals surface area contributed by atoms with E-state index in [0.717, 1.165) is 44.8 Å². The van der Waals surface area contributed by atoms with E-state index in [-0.39, 0.29) is 5.91 Å². The SMILES string of the molecule is CS(=O)(=O)NCCCN1CCN(CC(=O)Nc2ccccc2)CC1. The second-order valence-corrected chi connectivity index (χ2v) is 7.89. The van der Waals surface area contributed by atoms with E-state index in [1.165, 1.54) is 6.26 Å². The number of carbonyl (C=O) groups excluding carboxylic acids is 1. The number of rotatable bonds is 8. The molecule has 2 rings (SSSR count). The maximum Gasteiger partial charge on any atom is 0.238 e. The summed E-state index contributed by atoms with van der Waals surface area (Å²) in [6.45, 7) is 5.24. The molecule has 8 heteroatoms. The van der Waals surface area contributed by atoms with Gasteiger partial charge in [-0.15, -0.1) is 0 Å². The van der Waals surface area contributed by atoms with Gasteiger partial charge in [-0.1, -0.05) is 18.2 Å². The Labute approximate surface area is 144 Å². The number of nitrogens with zero attached hydrogens (tertiary/aromatic N) is 2. The van der Waals surface area contributed by atoms with Crippen molar-refractivity contribution >= 4 is 21.6 Å². The molecule has 1 aliphatic heterocycles. The van der Waals surface area contributed by atoms with Gasteiger partial charge in [-0.2, -0.15) is 0 Å². The van der Waals surface area contributed by atoms with Gasteiger partial charge in [0, 0.05) is 38.4 Å². The predicted molar refractivity (Wildman–Crippen MR) is 95.4 cm³/mol. The molecule has 0 aromatic heterocycles. The summed E-state index contributed by atoms with van der Waals surface area (Å²) in [5, 5.41) is 2.90. The molecule has 0 radical (unpaired) electrons. The van der Waals surface area contributed by atoms with E-state index < -0.39 is 10.0 Å². The first-order chi connectivity index (χ1) is 11.4. The first-order valence-corrected chi connectivity index (χ1v) is 10.1. The highest BCUT2D eigenvalue weighted by molar-refractivity contribution is 7.88. The van der Waals surface area contributed by atoms with Crippen molar-refractivity contribution in [1.82, 2.24) is 14.5 Å². The summed E-state index contributed by atoms with van der Waals surface area (Å²) in [5.41, 5.74) is 0.819. The lowest BCUT2D eigenvalue weighted by atomic mass is 10.2.